The monoisotopic (exact) mass is 251 g/mol. The SMILES string of the molecule is O=C(C[C@@]1(C(=O)O)CCOC1)c1cncc(O)c1. The number of pyridine rings is 1. The fraction of sp³-hybridized carbons (Fsp3) is 0.417. The van der Waals surface area contributed by atoms with E-state index in [9.17, 15) is 19.8 Å². The van der Waals surface area contributed by atoms with E-state index in [0.29, 0.717) is 13.0 Å². The van der Waals surface area contributed by atoms with Gasteiger partial charge < -0.3 is 14.9 Å². The van der Waals surface area contributed by atoms with Crippen molar-refractivity contribution in [1.82, 2.24) is 4.98 Å². The second kappa shape index (κ2) is 4.73. The van der Waals surface area contributed by atoms with Gasteiger partial charge in [-0.3, -0.25) is 14.6 Å². The fourth-order valence-electron chi connectivity index (χ4n) is 1.98. The molecule has 18 heavy (non-hydrogen) atoms. The van der Waals surface area contributed by atoms with Gasteiger partial charge in [-0.05, 0) is 12.5 Å². The van der Waals surface area contributed by atoms with Crippen molar-refractivity contribution in [2.24, 2.45) is 5.41 Å². The van der Waals surface area contributed by atoms with Crippen LogP contribution in [0, 0.1) is 5.41 Å². The summed E-state index contributed by atoms with van der Waals surface area (Å²) in [5.74, 6) is -1.50. The molecule has 1 atom stereocenters. The van der Waals surface area contributed by atoms with Crippen LogP contribution in [-0.4, -0.2) is 40.2 Å². The van der Waals surface area contributed by atoms with Crippen LogP contribution in [-0.2, 0) is 9.53 Å². The molecule has 2 rings (SSSR count). The van der Waals surface area contributed by atoms with E-state index in [-0.39, 0.29) is 30.1 Å². The summed E-state index contributed by atoms with van der Waals surface area (Å²) in [4.78, 5) is 27.0. The van der Waals surface area contributed by atoms with Gasteiger partial charge in [-0.2, -0.15) is 0 Å². The molecule has 1 aromatic heterocycles. The lowest BCUT2D eigenvalue weighted by atomic mass is 9.81. The molecule has 0 aromatic carbocycles. The fourth-order valence-corrected chi connectivity index (χ4v) is 1.98. The Labute approximate surface area is 103 Å². The molecule has 6 nitrogen and oxygen atoms in total. The number of aliphatic carboxylic acids is 1. The Bertz CT molecular complexity index is 479. The number of hydrogen-bond donors (Lipinski definition) is 2. The number of carbonyl (C=O) groups excluding carboxylic acids is 1. The molecule has 0 bridgehead atoms. The minimum Gasteiger partial charge on any atom is -0.506 e. The third kappa shape index (κ3) is 2.33. The first kappa shape index (κ1) is 12.5. The van der Waals surface area contributed by atoms with Crippen molar-refractivity contribution in [2.45, 2.75) is 12.8 Å². The van der Waals surface area contributed by atoms with Crippen LogP contribution < -0.4 is 0 Å². The molecule has 1 aromatic rings. The average molecular weight is 251 g/mol. The van der Waals surface area contributed by atoms with Gasteiger partial charge in [-0.1, -0.05) is 0 Å². The summed E-state index contributed by atoms with van der Waals surface area (Å²) in [6, 6.07) is 1.28. The summed E-state index contributed by atoms with van der Waals surface area (Å²) < 4.78 is 5.08. The molecule has 1 aliphatic heterocycles. The lowest BCUT2D eigenvalue weighted by molar-refractivity contribution is -0.148. The van der Waals surface area contributed by atoms with Gasteiger partial charge in [-0.25, -0.2) is 0 Å². The normalized spacial score (nSPS) is 22.9. The van der Waals surface area contributed by atoms with Crippen LogP contribution in [0.25, 0.3) is 0 Å². The molecule has 0 radical (unpaired) electrons. The van der Waals surface area contributed by atoms with Crippen molar-refractivity contribution in [1.29, 1.82) is 0 Å². The van der Waals surface area contributed by atoms with Crippen LogP contribution in [0.5, 0.6) is 5.75 Å². The Morgan fingerprint density at radius 3 is 2.78 bits per heavy atom. The van der Waals surface area contributed by atoms with Gasteiger partial charge in [0.2, 0.25) is 0 Å². The molecule has 0 spiro atoms. The zero-order valence-electron chi connectivity index (χ0n) is 9.63. The van der Waals surface area contributed by atoms with Crippen molar-refractivity contribution in [3.05, 3.63) is 24.0 Å². The maximum Gasteiger partial charge on any atom is 0.312 e. The molecule has 0 unspecified atom stereocenters. The molecule has 1 aliphatic rings. The van der Waals surface area contributed by atoms with Crippen LogP contribution in [0.15, 0.2) is 18.5 Å². The average Bonchev–Trinajstić information content (AvgIpc) is 2.79. The third-order valence-electron chi connectivity index (χ3n) is 3.10. The number of ketones is 1. The number of Topliss-reactive ketones (excluding diaryl/α,β-unsaturated/α-hetero) is 1. The van der Waals surface area contributed by atoms with E-state index in [1.807, 2.05) is 0 Å². The summed E-state index contributed by atoms with van der Waals surface area (Å²) >= 11 is 0. The van der Waals surface area contributed by atoms with Gasteiger partial charge in [0.1, 0.15) is 11.2 Å². The Morgan fingerprint density at radius 2 is 2.22 bits per heavy atom. The summed E-state index contributed by atoms with van der Waals surface area (Å²) in [5.41, 5.74) is -0.940. The van der Waals surface area contributed by atoms with Crippen LogP contribution in [0.4, 0.5) is 0 Å². The highest BCUT2D eigenvalue weighted by Gasteiger charge is 2.44. The van der Waals surface area contributed by atoms with Crippen LogP contribution >= 0.6 is 0 Å². The summed E-state index contributed by atoms with van der Waals surface area (Å²) in [5, 5.41) is 18.5. The van der Waals surface area contributed by atoms with Gasteiger partial charge in [0.05, 0.1) is 12.8 Å². The van der Waals surface area contributed by atoms with Gasteiger partial charge in [0, 0.05) is 24.8 Å². The number of hydrogen-bond acceptors (Lipinski definition) is 5. The predicted octanol–water partition coefficient (Wildman–Crippen LogP) is 0.851. The molecule has 1 saturated heterocycles. The summed E-state index contributed by atoms with van der Waals surface area (Å²) in [6.07, 6.45) is 2.70. The Balaban J connectivity index is 2.18. The summed E-state index contributed by atoms with van der Waals surface area (Å²) in [7, 11) is 0. The number of aromatic hydroxyl groups is 1. The quantitative estimate of drug-likeness (QED) is 0.770. The minimum atomic E-state index is -1.15. The predicted molar refractivity (Wildman–Crippen MR) is 60.4 cm³/mol. The van der Waals surface area contributed by atoms with Crippen molar-refractivity contribution in [2.75, 3.05) is 13.2 Å². The highest BCUT2D eigenvalue weighted by atomic mass is 16.5. The van der Waals surface area contributed by atoms with Crippen LogP contribution in [0.3, 0.4) is 0 Å². The second-order valence-corrected chi connectivity index (χ2v) is 4.42. The largest absolute Gasteiger partial charge is 0.506 e. The van der Waals surface area contributed by atoms with Gasteiger partial charge in [0.25, 0.3) is 0 Å². The van der Waals surface area contributed by atoms with Gasteiger partial charge >= 0.3 is 5.97 Å². The zero-order chi connectivity index (χ0) is 13.2. The molecular weight excluding hydrogens is 238 g/mol. The Kier molecular flexibility index (Phi) is 3.29. The maximum absolute atomic E-state index is 12.0. The number of carbonyl (C=O) groups is 2. The lowest BCUT2D eigenvalue weighted by Gasteiger charge is -2.20. The Hall–Kier alpha value is -1.95. The minimum absolute atomic E-state index is 0.0420. The van der Waals surface area contributed by atoms with Crippen molar-refractivity contribution in [3.63, 3.8) is 0 Å². The highest BCUT2D eigenvalue weighted by molar-refractivity contribution is 5.99. The molecule has 2 N–H and O–H groups in total. The smallest absolute Gasteiger partial charge is 0.312 e. The maximum atomic E-state index is 12.0. The third-order valence-corrected chi connectivity index (χ3v) is 3.10. The number of rotatable bonds is 4. The number of carboxylic acids is 1. The number of aromatic nitrogens is 1. The number of ether oxygens (including phenoxy) is 1. The topological polar surface area (TPSA) is 96.7 Å². The van der Waals surface area contributed by atoms with Gasteiger partial charge in [0.15, 0.2) is 5.78 Å². The van der Waals surface area contributed by atoms with E-state index in [4.69, 9.17) is 4.74 Å². The van der Waals surface area contributed by atoms with Gasteiger partial charge in [-0.15, -0.1) is 0 Å². The number of carboxylic acid groups (broad SMARTS) is 1. The molecular formula is C12H13NO5. The molecule has 0 saturated carbocycles. The molecule has 0 aliphatic carbocycles. The number of nitrogens with zero attached hydrogens (tertiary/aromatic N) is 1. The molecule has 96 valence electrons. The van der Waals surface area contributed by atoms with E-state index in [2.05, 4.69) is 4.98 Å². The highest BCUT2D eigenvalue weighted by Crippen LogP contribution is 2.34. The summed E-state index contributed by atoms with van der Waals surface area (Å²) in [6.45, 7) is 0.387. The van der Waals surface area contributed by atoms with E-state index in [0.717, 1.165) is 0 Å². The lowest BCUT2D eigenvalue weighted by Crippen LogP contribution is -2.34. The van der Waals surface area contributed by atoms with Crippen molar-refractivity contribution in [3.8, 4) is 5.75 Å². The molecule has 0 amide bonds. The van der Waals surface area contributed by atoms with Crippen LogP contribution in [0.1, 0.15) is 23.2 Å². The molecule has 2 heterocycles. The van der Waals surface area contributed by atoms with E-state index < -0.39 is 11.4 Å². The van der Waals surface area contributed by atoms with E-state index in [1.54, 1.807) is 0 Å². The first-order chi connectivity index (χ1) is 8.53. The van der Waals surface area contributed by atoms with Crippen molar-refractivity contribution >= 4 is 11.8 Å². The first-order valence-corrected chi connectivity index (χ1v) is 5.52. The molecule has 6 heteroatoms. The Morgan fingerprint density at radius 1 is 1.44 bits per heavy atom. The van der Waals surface area contributed by atoms with Crippen LogP contribution in [0.2, 0.25) is 0 Å². The second-order valence-electron chi connectivity index (χ2n) is 4.42. The first-order valence-electron chi connectivity index (χ1n) is 5.52. The zero-order valence-corrected chi connectivity index (χ0v) is 9.63. The van der Waals surface area contributed by atoms with E-state index in [1.165, 1.54) is 18.5 Å². The molecule has 1 fully saturated rings. The standard InChI is InChI=1S/C12H13NO5/c14-9-3-8(5-13-6-9)10(15)4-12(11(16)17)1-2-18-7-12/h3,5-6,14H,1-2,4,7H2,(H,16,17)/t12-/m0/s1. The van der Waals surface area contributed by atoms with Crippen molar-refractivity contribution < 1.29 is 24.5 Å². The van der Waals surface area contributed by atoms with E-state index >= 15 is 0 Å².